The largest absolute Gasteiger partial charge is 0.490 e. The van der Waals surface area contributed by atoms with E-state index in [1.54, 1.807) is 43.3 Å². The molecule has 470 valence electrons. The third-order valence-corrected chi connectivity index (χ3v) is 15.4. The van der Waals surface area contributed by atoms with Crippen molar-refractivity contribution in [3.05, 3.63) is 58.7 Å². The first-order valence-corrected chi connectivity index (χ1v) is 33.6. The number of unbranched alkanes of at least 4 members (excludes halogenated alkanes) is 30. The van der Waals surface area contributed by atoms with E-state index in [0.717, 1.165) is 116 Å². The maximum absolute atomic E-state index is 14.7. The summed E-state index contributed by atoms with van der Waals surface area (Å²) in [7, 11) is 1.31. The van der Waals surface area contributed by atoms with Gasteiger partial charge in [0.1, 0.15) is 0 Å². The van der Waals surface area contributed by atoms with Gasteiger partial charge in [0, 0.05) is 22.5 Å². The fourth-order valence-electron chi connectivity index (χ4n) is 10.1. The Labute approximate surface area is 504 Å². The van der Waals surface area contributed by atoms with Gasteiger partial charge in [-0.1, -0.05) is 234 Å². The van der Waals surface area contributed by atoms with Crippen molar-refractivity contribution < 1.29 is 47.5 Å². The lowest BCUT2D eigenvalue weighted by molar-refractivity contribution is 0.0600. The summed E-state index contributed by atoms with van der Waals surface area (Å²) in [6.45, 7) is 18.0. The van der Waals surface area contributed by atoms with Gasteiger partial charge in [-0.05, 0) is 87.4 Å². The minimum Gasteiger partial charge on any atom is -0.490 e. The first kappa shape index (κ1) is 72.1. The molecule has 0 heterocycles. The molecule has 0 aliphatic heterocycles. The van der Waals surface area contributed by atoms with E-state index in [9.17, 15) is 14.4 Å². The fraction of sp³-hybridized carbons (Fsp3) is 0.704. The Balaban J connectivity index is 2.07. The van der Waals surface area contributed by atoms with Gasteiger partial charge in [0.05, 0.1) is 52.3 Å². The van der Waals surface area contributed by atoms with E-state index < -0.39 is 17.8 Å². The van der Waals surface area contributed by atoms with Crippen LogP contribution in [0.2, 0.25) is 0 Å². The molecule has 2 N–H and O–H groups in total. The van der Waals surface area contributed by atoms with Crippen molar-refractivity contribution in [2.45, 2.75) is 280 Å². The van der Waals surface area contributed by atoms with Crippen LogP contribution >= 0.6 is 0 Å². The van der Waals surface area contributed by atoms with E-state index >= 15 is 0 Å². The van der Waals surface area contributed by atoms with Gasteiger partial charge in [-0.2, -0.15) is 0 Å². The number of methoxy groups -OCH3 is 1. The van der Waals surface area contributed by atoms with E-state index in [0.29, 0.717) is 102 Å². The molecule has 0 spiro atoms. The van der Waals surface area contributed by atoms with Crippen LogP contribution in [0.25, 0.3) is 0 Å². The number of amides is 2. The van der Waals surface area contributed by atoms with Gasteiger partial charge in [-0.15, -0.1) is 0 Å². The van der Waals surface area contributed by atoms with E-state index in [1.807, 2.05) is 0 Å². The third kappa shape index (κ3) is 30.5. The van der Waals surface area contributed by atoms with Gasteiger partial charge in [0.15, 0.2) is 23.0 Å². The predicted molar refractivity (Wildman–Crippen MR) is 345 cm³/mol. The van der Waals surface area contributed by atoms with Crippen LogP contribution in [0.1, 0.15) is 309 Å². The normalized spacial score (nSPS) is 11.1. The van der Waals surface area contributed by atoms with E-state index in [1.165, 1.54) is 123 Å². The fourth-order valence-corrected chi connectivity index (χ4v) is 10.1. The van der Waals surface area contributed by atoms with Gasteiger partial charge in [-0.25, -0.2) is 4.79 Å². The van der Waals surface area contributed by atoms with Crippen LogP contribution in [0.4, 0.5) is 11.4 Å². The summed E-state index contributed by atoms with van der Waals surface area (Å²) in [6, 6.07) is 10.1. The summed E-state index contributed by atoms with van der Waals surface area (Å²) in [5, 5.41) is 6.18. The summed E-state index contributed by atoms with van der Waals surface area (Å²) in [5.41, 5.74) is 1.95. The van der Waals surface area contributed by atoms with E-state index in [2.05, 4.69) is 52.2 Å². The SMILES string of the molecule is CCCCCCCCOc1cc(C(=O)Nc2cc(C(=O)OC)cc(NC(=O)c3cc(OCCCCCCCC)c(OCCCCCCCC)c(OCCCCCCCC)c3)c2C)cc(OCCCCCCCC)c1OCCCCCCCC. The average molecular weight is 1160 g/mol. The highest BCUT2D eigenvalue weighted by molar-refractivity contribution is 6.09. The molecule has 3 aromatic carbocycles. The second-order valence-corrected chi connectivity index (χ2v) is 22.9. The van der Waals surface area contributed by atoms with Crippen LogP contribution in [-0.4, -0.2) is 64.5 Å². The van der Waals surface area contributed by atoms with Gasteiger partial charge in [0.25, 0.3) is 11.8 Å². The minimum atomic E-state index is -0.624. The zero-order chi connectivity index (χ0) is 60.0. The maximum Gasteiger partial charge on any atom is 0.337 e. The molecule has 3 aromatic rings. The molecule has 0 radical (unpaired) electrons. The van der Waals surface area contributed by atoms with Crippen molar-refractivity contribution in [3.8, 4) is 34.5 Å². The van der Waals surface area contributed by atoms with Gasteiger partial charge in [0.2, 0.25) is 11.5 Å². The van der Waals surface area contributed by atoms with Crippen molar-refractivity contribution in [1.29, 1.82) is 0 Å². The number of esters is 1. The zero-order valence-corrected chi connectivity index (χ0v) is 53.7. The molecule has 0 saturated heterocycles. The number of carbonyl (C=O) groups is 3. The molecule has 0 atom stereocenters. The number of anilines is 2. The molecule has 0 bridgehead atoms. The average Bonchev–Trinajstić information content (AvgIpc) is 3.67. The molecule has 0 unspecified atom stereocenters. The number of carbonyl (C=O) groups excluding carboxylic acids is 3. The van der Waals surface area contributed by atoms with Crippen molar-refractivity contribution in [1.82, 2.24) is 0 Å². The standard InChI is InChI=1S/C71H116N2O10/c1-9-15-21-27-33-39-45-78-63-53-58(54-64(79-46-40-34-28-22-16-10-2)67(63)82-49-43-37-31-25-19-13-5)69(74)72-61-51-60(71(76)77-8)52-62(57(61)7)73-70(75)59-55-65(80-47-41-35-29-23-17-11-3)68(83-50-44-38-32-26-20-14-6)66(56-59)81-48-42-36-30-24-18-12-4/h51-56H,9-50H2,1-8H3,(H,72,74)(H,73,75). The Kier molecular flexibility index (Phi) is 41.0. The lowest BCUT2D eigenvalue weighted by atomic mass is 10.1. The summed E-state index contributed by atoms with van der Waals surface area (Å²) in [4.78, 5) is 42.9. The maximum atomic E-state index is 14.7. The van der Waals surface area contributed by atoms with Crippen LogP contribution in [0, 0.1) is 6.92 Å². The molecule has 0 aromatic heterocycles. The molecular weight excluding hydrogens is 1040 g/mol. The number of benzene rings is 3. The predicted octanol–water partition coefficient (Wildman–Crippen LogP) is 20.7. The second kappa shape index (κ2) is 47.2. The second-order valence-electron chi connectivity index (χ2n) is 22.9. The molecule has 12 heteroatoms. The monoisotopic (exact) mass is 1160 g/mol. The summed E-state index contributed by atoms with van der Waals surface area (Å²) < 4.78 is 44.5. The Morgan fingerprint density at radius 1 is 0.313 bits per heavy atom. The first-order chi connectivity index (χ1) is 40.6. The molecule has 2 amide bonds. The number of hydrogen-bond acceptors (Lipinski definition) is 10. The molecule has 0 saturated carbocycles. The lowest BCUT2D eigenvalue weighted by Gasteiger charge is -2.20. The van der Waals surface area contributed by atoms with Crippen LogP contribution in [0.15, 0.2) is 36.4 Å². The topological polar surface area (TPSA) is 140 Å². The van der Waals surface area contributed by atoms with Crippen LogP contribution in [0.5, 0.6) is 34.5 Å². The Morgan fingerprint density at radius 2 is 0.542 bits per heavy atom. The van der Waals surface area contributed by atoms with E-state index in [-0.39, 0.29) is 5.56 Å². The lowest BCUT2D eigenvalue weighted by Crippen LogP contribution is -2.18. The highest BCUT2D eigenvalue weighted by Gasteiger charge is 2.24. The van der Waals surface area contributed by atoms with Crippen LogP contribution in [-0.2, 0) is 4.74 Å². The van der Waals surface area contributed by atoms with Crippen molar-refractivity contribution in [2.75, 3.05) is 57.4 Å². The van der Waals surface area contributed by atoms with Gasteiger partial charge >= 0.3 is 5.97 Å². The van der Waals surface area contributed by atoms with Crippen LogP contribution < -0.4 is 39.1 Å². The Hall–Kier alpha value is -5.13. The van der Waals surface area contributed by atoms with E-state index in [4.69, 9.17) is 33.2 Å². The first-order valence-electron chi connectivity index (χ1n) is 33.6. The molecule has 0 fully saturated rings. The van der Waals surface area contributed by atoms with Crippen LogP contribution in [0.3, 0.4) is 0 Å². The van der Waals surface area contributed by atoms with Crippen molar-refractivity contribution in [3.63, 3.8) is 0 Å². The third-order valence-electron chi connectivity index (χ3n) is 15.4. The van der Waals surface area contributed by atoms with Crippen molar-refractivity contribution >= 4 is 29.2 Å². The number of hydrogen-bond donors (Lipinski definition) is 2. The summed E-state index contributed by atoms with van der Waals surface area (Å²) in [6.07, 6.45) is 40.2. The molecule has 83 heavy (non-hydrogen) atoms. The number of ether oxygens (including phenoxy) is 7. The summed E-state index contributed by atoms with van der Waals surface area (Å²) >= 11 is 0. The molecular formula is C71H116N2O10. The molecule has 12 nitrogen and oxygen atoms in total. The Morgan fingerprint density at radius 3 is 0.783 bits per heavy atom. The van der Waals surface area contributed by atoms with Gasteiger partial charge in [-0.3, -0.25) is 9.59 Å². The quantitative estimate of drug-likeness (QED) is 0.0415. The number of rotatable bonds is 53. The minimum absolute atomic E-state index is 0.150. The molecule has 0 aliphatic carbocycles. The molecule has 3 rings (SSSR count). The Bertz CT molecular complexity index is 1970. The highest BCUT2D eigenvalue weighted by Crippen LogP contribution is 2.42. The zero-order valence-electron chi connectivity index (χ0n) is 53.7. The number of nitrogens with one attached hydrogen (secondary N) is 2. The van der Waals surface area contributed by atoms with Crippen molar-refractivity contribution in [2.24, 2.45) is 0 Å². The smallest absolute Gasteiger partial charge is 0.337 e. The summed E-state index contributed by atoms with van der Waals surface area (Å²) in [5.74, 6) is 1.39. The van der Waals surface area contributed by atoms with Gasteiger partial charge < -0.3 is 43.8 Å². The molecule has 0 aliphatic rings. The highest BCUT2D eigenvalue weighted by atomic mass is 16.6.